The Labute approximate surface area is 167 Å². The van der Waals surface area contributed by atoms with Crippen LogP contribution in [-0.2, 0) is 10.2 Å². The number of allylic oxidation sites excluding steroid dienone is 5. The van der Waals surface area contributed by atoms with Crippen LogP contribution in [0.1, 0.15) is 63.5 Å². The number of carbonyl (C=O) groups is 1. The number of hydrogen-bond acceptors (Lipinski definition) is 2. The third-order valence-corrected chi connectivity index (χ3v) is 7.12. The average molecular weight is 379 g/mol. The zero-order valence-corrected chi connectivity index (χ0v) is 16.8. The number of hydrogen-bond donors (Lipinski definition) is 2. The Balaban J connectivity index is 1.60. The quantitative estimate of drug-likeness (QED) is 0.499. The number of aromatic hydroxyl groups is 1. The van der Waals surface area contributed by atoms with Gasteiger partial charge in [0.15, 0.2) is 0 Å². The molecule has 0 atom stereocenters. The number of carboxylic acids is 1. The molecular weight excluding hydrogens is 348 g/mol. The summed E-state index contributed by atoms with van der Waals surface area (Å²) >= 11 is 0. The summed E-state index contributed by atoms with van der Waals surface area (Å²) in [4.78, 5) is 10.7. The molecular formula is C25H30O3. The molecule has 2 N–H and O–H groups in total. The summed E-state index contributed by atoms with van der Waals surface area (Å²) in [6.45, 7) is 3.84. The van der Waals surface area contributed by atoms with Crippen LogP contribution in [0.5, 0.6) is 5.75 Å². The Hall–Kier alpha value is -2.29. The fourth-order valence-corrected chi connectivity index (χ4v) is 6.33. The van der Waals surface area contributed by atoms with Crippen molar-refractivity contribution in [2.75, 3.05) is 0 Å². The zero-order valence-electron chi connectivity index (χ0n) is 16.8. The molecule has 3 heteroatoms. The Morgan fingerprint density at radius 1 is 1.07 bits per heavy atom. The molecule has 28 heavy (non-hydrogen) atoms. The molecule has 0 saturated heterocycles. The maximum absolute atomic E-state index is 10.7. The number of benzene rings is 1. The standard InChI is InChI=1S/C25H30O3/c1-16(8-24(27)28)4-3-5-17(2)21-6-7-23(26)22(12-21)25-13-18-9-19(14-25)11-20(10-18)15-25/h3-8,12,18-20,26H,9-11,13-15H2,1-2H3,(H,27,28). The first-order valence-corrected chi connectivity index (χ1v) is 10.4. The van der Waals surface area contributed by atoms with Gasteiger partial charge in [0, 0.05) is 11.6 Å². The van der Waals surface area contributed by atoms with Gasteiger partial charge >= 0.3 is 5.97 Å². The van der Waals surface area contributed by atoms with Crippen molar-refractivity contribution in [3.05, 3.63) is 59.2 Å². The minimum Gasteiger partial charge on any atom is -0.508 e. The van der Waals surface area contributed by atoms with E-state index in [-0.39, 0.29) is 5.41 Å². The second kappa shape index (κ2) is 7.27. The van der Waals surface area contributed by atoms with Gasteiger partial charge in [0.1, 0.15) is 5.75 Å². The molecule has 0 spiro atoms. The minimum absolute atomic E-state index is 0.172. The fourth-order valence-electron chi connectivity index (χ4n) is 6.33. The molecule has 148 valence electrons. The predicted octanol–water partition coefficient (Wildman–Crippen LogP) is 5.85. The summed E-state index contributed by atoms with van der Waals surface area (Å²) in [6, 6.07) is 6.06. The number of phenolic OH excluding ortho intramolecular Hbond substituents is 1. The van der Waals surface area contributed by atoms with Gasteiger partial charge in [-0.15, -0.1) is 0 Å². The van der Waals surface area contributed by atoms with E-state index >= 15 is 0 Å². The summed E-state index contributed by atoms with van der Waals surface area (Å²) in [5.74, 6) is 2.06. The van der Waals surface area contributed by atoms with E-state index in [4.69, 9.17) is 5.11 Å². The first-order valence-electron chi connectivity index (χ1n) is 10.4. The number of carboxylic acid groups (broad SMARTS) is 1. The van der Waals surface area contributed by atoms with E-state index in [1.807, 2.05) is 24.3 Å². The molecule has 5 rings (SSSR count). The minimum atomic E-state index is -0.929. The van der Waals surface area contributed by atoms with Crippen LogP contribution in [0.4, 0.5) is 0 Å². The molecule has 0 unspecified atom stereocenters. The molecule has 4 aliphatic rings. The second-order valence-electron chi connectivity index (χ2n) is 9.37. The van der Waals surface area contributed by atoms with Crippen LogP contribution in [0.2, 0.25) is 0 Å². The molecule has 4 saturated carbocycles. The molecule has 4 bridgehead atoms. The molecule has 4 aliphatic carbocycles. The first-order chi connectivity index (χ1) is 13.3. The monoisotopic (exact) mass is 378 g/mol. The van der Waals surface area contributed by atoms with Gasteiger partial charge < -0.3 is 10.2 Å². The maximum Gasteiger partial charge on any atom is 0.328 e. The topological polar surface area (TPSA) is 57.5 Å². The lowest BCUT2D eigenvalue weighted by atomic mass is 9.48. The molecule has 1 aromatic rings. The lowest BCUT2D eigenvalue weighted by Crippen LogP contribution is -2.48. The normalized spacial score (nSPS) is 32.3. The highest BCUT2D eigenvalue weighted by Crippen LogP contribution is 2.61. The number of aliphatic carboxylic acids is 1. The summed E-state index contributed by atoms with van der Waals surface area (Å²) in [6.07, 6.45) is 14.8. The summed E-state index contributed by atoms with van der Waals surface area (Å²) in [7, 11) is 0. The van der Waals surface area contributed by atoms with Crippen molar-refractivity contribution in [3.8, 4) is 5.75 Å². The van der Waals surface area contributed by atoms with E-state index in [9.17, 15) is 9.90 Å². The third kappa shape index (κ3) is 3.67. The van der Waals surface area contributed by atoms with E-state index < -0.39 is 5.97 Å². The van der Waals surface area contributed by atoms with Gasteiger partial charge in [0.25, 0.3) is 0 Å². The van der Waals surface area contributed by atoms with Crippen molar-refractivity contribution in [1.29, 1.82) is 0 Å². The molecule has 0 radical (unpaired) electrons. The predicted molar refractivity (Wildman–Crippen MR) is 112 cm³/mol. The smallest absolute Gasteiger partial charge is 0.328 e. The van der Waals surface area contributed by atoms with Crippen LogP contribution in [0, 0.1) is 17.8 Å². The molecule has 1 aromatic carbocycles. The zero-order chi connectivity index (χ0) is 19.9. The van der Waals surface area contributed by atoms with Crippen molar-refractivity contribution >= 4 is 11.5 Å². The van der Waals surface area contributed by atoms with Gasteiger partial charge in [-0.3, -0.25) is 0 Å². The van der Waals surface area contributed by atoms with Crippen LogP contribution in [-0.4, -0.2) is 16.2 Å². The van der Waals surface area contributed by atoms with Crippen molar-refractivity contribution in [1.82, 2.24) is 0 Å². The van der Waals surface area contributed by atoms with Crippen molar-refractivity contribution in [2.45, 2.75) is 57.8 Å². The molecule has 0 amide bonds. The van der Waals surface area contributed by atoms with E-state index in [0.29, 0.717) is 11.3 Å². The van der Waals surface area contributed by atoms with E-state index in [1.54, 1.807) is 13.0 Å². The first kappa shape index (κ1) is 19.0. The summed E-state index contributed by atoms with van der Waals surface area (Å²) < 4.78 is 0. The largest absolute Gasteiger partial charge is 0.508 e. The van der Waals surface area contributed by atoms with E-state index in [2.05, 4.69) is 13.0 Å². The van der Waals surface area contributed by atoms with Crippen LogP contribution in [0.15, 0.2) is 48.1 Å². The SMILES string of the molecule is CC(C=CC=C(C)c1ccc(O)c(C23CC4CC(CC(C4)C2)C3)c1)=CC(=O)O. The van der Waals surface area contributed by atoms with E-state index in [0.717, 1.165) is 34.5 Å². The molecule has 3 nitrogen and oxygen atoms in total. The van der Waals surface area contributed by atoms with E-state index in [1.165, 1.54) is 44.6 Å². The highest BCUT2D eigenvalue weighted by atomic mass is 16.4. The van der Waals surface area contributed by atoms with Crippen LogP contribution in [0.25, 0.3) is 5.57 Å². The van der Waals surface area contributed by atoms with Crippen LogP contribution >= 0.6 is 0 Å². The average Bonchev–Trinajstić information content (AvgIpc) is 2.60. The third-order valence-electron chi connectivity index (χ3n) is 7.12. The lowest BCUT2D eigenvalue weighted by Gasteiger charge is -2.57. The lowest BCUT2D eigenvalue weighted by molar-refractivity contribution is -0.131. The number of phenols is 1. The highest BCUT2D eigenvalue weighted by Gasteiger charge is 2.52. The Bertz CT molecular complexity index is 836. The highest BCUT2D eigenvalue weighted by molar-refractivity contribution is 5.81. The fraction of sp³-hybridized carbons (Fsp3) is 0.480. The van der Waals surface area contributed by atoms with Crippen molar-refractivity contribution in [2.24, 2.45) is 17.8 Å². The Morgan fingerprint density at radius 3 is 2.25 bits per heavy atom. The van der Waals surface area contributed by atoms with Crippen molar-refractivity contribution in [3.63, 3.8) is 0 Å². The molecule has 0 aromatic heterocycles. The van der Waals surface area contributed by atoms with Crippen LogP contribution in [0.3, 0.4) is 0 Å². The maximum atomic E-state index is 10.7. The number of rotatable bonds is 5. The molecule has 0 heterocycles. The molecule has 0 aliphatic heterocycles. The van der Waals surface area contributed by atoms with Gasteiger partial charge in [-0.1, -0.05) is 24.3 Å². The van der Waals surface area contributed by atoms with Gasteiger partial charge in [0.2, 0.25) is 0 Å². The van der Waals surface area contributed by atoms with Gasteiger partial charge in [-0.25, -0.2) is 4.79 Å². The summed E-state index contributed by atoms with van der Waals surface area (Å²) in [5.41, 5.74) is 4.28. The van der Waals surface area contributed by atoms with Gasteiger partial charge in [-0.2, -0.15) is 0 Å². The van der Waals surface area contributed by atoms with Crippen molar-refractivity contribution < 1.29 is 15.0 Å². The van der Waals surface area contributed by atoms with Gasteiger partial charge in [-0.05, 0) is 104 Å². The molecule has 4 fully saturated rings. The summed E-state index contributed by atoms with van der Waals surface area (Å²) in [5, 5.41) is 19.5. The van der Waals surface area contributed by atoms with Crippen LogP contribution < -0.4 is 0 Å². The Morgan fingerprint density at radius 2 is 1.68 bits per heavy atom. The Kier molecular flexibility index (Phi) is 4.95. The second-order valence-corrected chi connectivity index (χ2v) is 9.37. The van der Waals surface area contributed by atoms with Gasteiger partial charge in [0.05, 0.1) is 0 Å².